The Morgan fingerprint density at radius 1 is 1.24 bits per heavy atom. The Morgan fingerprint density at radius 3 is 2.60 bits per heavy atom. The van der Waals surface area contributed by atoms with Gasteiger partial charge in [-0.15, -0.1) is 0 Å². The molecule has 0 saturated carbocycles. The van der Waals surface area contributed by atoms with Crippen LogP contribution in [-0.4, -0.2) is 28.4 Å². The number of anilines is 1. The monoisotopic (exact) mass is 347 g/mol. The Labute approximate surface area is 143 Å². The topological polar surface area (TPSA) is 55.2 Å². The predicted octanol–water partition coefficient (Wildman–Crippen LogP) is 2.09. The molecule has 3 rings (SSSR count). The fourth-order valence-corrected chi connectivity index (χ4v) is 3.15. The van der Waals surface area contributed by atoms with E-state index in [9.17, 15) is 18.4 Å². The van der Waals surface area contributed by atoms with Crippen LogP contribution in [0.2, 0.25) is 0 Å². The lowest BCUT2D eigenvalue weighted by Crippen LogP contribution is -2.41. The Bertz CT molecular complexity index is 842. The van der Waals surface area contributed by atoms with Gasteiger partial charge in [0.25, 0.3) is 5.56 Å². The van der Waals surface area contributed by atoms with E-state index in [1.54, 1.807) is 23.1 Å². The average molecular weight is 347 g/mol. The second kappa shape index (κ2) is 7.13. The van der Waals surface area contributed by atoms with Crippen molar-refractivity contribution in [3.05, 3.63) is 58.1 Å². The third-order valence-electron chi connectivity index (χ3n) is 4.60. The second-order valence-corrected chi connectivity index (χ2v) is 6.30. The van der Waals surface area contributed by atoms with Gasteiger partial charge in [0.15, 0.2) is 5.82 Å². The minimum atomic E-state index is -0.713. The third-order valence-corrected chi connectivity index (χ3v) is 4.60. The van der Waals surface area contributed by atoms with Crippen LogP contribution in [-0.2, 0) is 18.3 Å². The van der Waals surface area contributed by atoms with Crippen molar-refractivity contribution in [2.24, 2.45) is 13.0 Å². The number of hydrogen-bond donors (Lipinski definition) is 0. The molecule has 5 nitrogen and oxygen atoms in total. The number of nitrogens with zero attached hydrogens (tertiary/aromatic N) is 3. The van der Waals surface area contributed by atoms with Crippen LogP contribution in [0.1, 0.15) is 18.4 Å². The van der Waals surface area contributed by atoms with Crippen LogP contribution < -0.4 is 10.5 Å². The van der Waals surface area contributed by atoms with E-state index in [2.05, 4.69) is 4.98 Å². The molecule has 0 radical (unpaired) electrons. The van der Waals surface area contributed by atoms with E-state index in [4.69, 9.17) is 0 Å². The molecule has 2 aromatic rings. The molecule has 1 saturated heterocycles. The van der Waals surface area contributed by atoms with Crippen molar-refractivity contribution in [1.29, 1.82) is 0 Å². The number of carbonyl (C=O) groups excluding carboxylic acids is 1. The summed E-state index contributed by atoms with van der Waals surface area (Å²) < 4.78 is 28.3. The van der Waals surface area contributed by atoms with Crippen LogP contribution in [0.3, 0.4) is 0 Å². The number of ketones is 1. The number of aromatic nitrogens is 2. The Hall–Kier alpha value is -2.57. The quantitative estimate of drug-likeness (QED) is 0.850. The van der Waals surface area contributed by atoms with Gasteiger partial charge < -0.3 is 9.47 Å². The van der Waals surface area contributed by atoms with Gasteiger partial charge in [0, 0.05) is 32.5 Å². The summed E-state index contributed by atoms with van der Waals surface area (Å²) in [6.07, 6.45) is 2.18. The van der Waals surface area contributed by atoms with Gasteiger partial charge in [0.05, 0.1) is 6.20 Å². The lowest BCUT2D eigenvalue weighted by Gasteiger charge is -2.31. The minimum Gasteiger partial charge on any atom is -0.352 e. The smallest absolute Gasteiger partial charge is 0.293 e. The lowest BCUT2D eigenvalue weighted by molar-refractivity contribution is -0.122. The molecule has 0 unspecified atom stereocenters. The van der Waals surface area contributed by atoms with Crippen molar-refractivity contribution < 1.29 is 13.6 Å². The molecule has 0 atom stereocenters. The summed E-state index contributed by atoms with van der Waals surface area (Å²) in [5.41, 5.74) is 0.0353. The van der Waals surface area contributed by atoms with Crippen LogP contribution >= 0.6 is 0 Å². The van der Waals surface area contributed by atoms with Crippen molar-refractivity contribution in [2.45, 2.75) is 19.3 Å². The summed E-state index contributed by atoms with van der Waals surface area (Å²) in [5.74, 6) is -1.21. The minimum absolute atomic E-state index is 0.00939. The Kier molecular flexibility index (Phi) is 4.92. The Balaban J connectivity index is 1.65. The largest absolute Gasteiger partial charge is 0.352 e. The number of hydrogen-bond acceptors (Lipinski definition) is 4. The van der Waals surface area contributed by atoms with Gasteiger partial charge in [-0.1, -0.05) is 18.2 Å². The van der Waals surface area contributed by atoms with Crippen molar-refractivity contribution >= 4 is 11.6 Å². The number of Topliss-reactive ketones (excluding diaryl/α,β-unsaturated/α-hetero) is 1. The van der Waals surface area contributed by atoms with Gasteiger partial charge in [-0.25, -0.2) is 4.39 Å². The molecule has 0 bridgehead atoms. The van der Waals surface area contributed by atoms with Gasteiger partial charge in [0.2, 0.25) is 5.95 Å². The van der Waals surface area contributed by atoms with Crippen LogP contribution in [0.5, 0.6) is 0 Å². The molecular formula is C18H19F2N3O2. The van der Waals surface area contributed by atoms with Crippen LogP contribution in [0.25, 0.3) is 0 Å². The van der Waals surface area contributed by atoms with Gasteiger partial charge in [0.1, 0.15) is 11.6 Å². The molecule has 1 aromatic carbocycles. The molecule has 1 fully saturated rings. The highest BCUT2D eigenvalue weighted by Gasteiger charge is 2.27. The maximum absolute atomic E-state index is 13.7. The van der Waals surface area contributed by atoms with Gasteiger partial charge >= 0.3 is 0 Å². The van der Waals surface area contributed by atoms with E-state index >= 15 is 0 Å². The number of aryl methyl sites for hydroxylation is 1. The predicted molar refractivity (Wildman–Crippen MR) is 89.5 cm³/mol. The zero-order chi connectivity index (χ0) is 18.0. The number of rotatable bonds is 4. The first-order valence-electron chi connectivity index (χ1n) is 8.20. The highest BCUT2D eigenvalue weighted by molar-refractivity contribution is 5.83. The van der Waals surface area contributed by atoms with E-state index in [1.165, 1.54) is 13.1 Å². The van der Waals surface area contributed by atoms with Crippen LogP contribution in [0.4, 0.5) is 14.6 Å². The molecule has 1 aliphatic rings. The number of piperidine rings is 1. The van der Waals surface area contributed by atoms with E-state index in [0.717, 1.165) is 10.8 Å². The lowest BCUT2D eigenvalue weighted by atomic mass is 9.89. The van der Waals surface area contributed by atoms with Crippen molar-refractivity contribution in [3.8, 4) is 0 Å². The van der Waals surface area contributed by atoms with Crippen LogP contribution in [0, 0.1) is 17.7 Å². The first-order valence-corrected chi connectivity index (χ1v) is 8.20. The fourth-order valence-electron chi connectivity index (χ4n) is 3.15. The highest BCUT2D eigenvalue weighted by atomic mass is 19.1. The molecule has 0 amide bonds. The zero-order valence-corrected chi connectivity index (χ0v) is 13.9. The van der Waals surface area contributed by atoms with Crippen molar-refractivity contribution in [3.63, 3.8) is 0 Å². The molecule has 1 aliphatic heterocycles. The van der Waals surface area contributed by atoms with E-state index < -0.39 is 5.95 Å². The maximum atomic E-state index is 13.7. The first-order chi connectivity index (χ1) is 12.0. The summed E-state index contributed by atoms with van der Waals surface area (Å²) in [7, 11) is 1.47. The summed E-state index contributed by atoms with van der Waals surface area (Å²) in [6, 6.07) is 6.26. The second-order valence-electron chi connectivity index (χ2n) is 6.30. The standard InChI is InChI=1S/C18H19F2N3O2/c1-22-11-16(20)21-17(18(22)25)23-8-6-12(7-9-23)15(24)10-13-4-2-3-5-14(13)19/h2-5,11-12H,6-10H2,1H3. The molecule has 132 valence electrons. The first kappa shape index (κ1) is 17.3. The number of halogens is 2. The summed E-state index contributed by atoms with van der Waals surface area (Å²) in [5, 5.41) is 0. The molecule has 0 N–H and O–H groups in total. The summed E-state index contributed by atoms with van der Waals surface area (Å²) in [4.78, 5) is 29.9. The van der Waals surface area contributed by atoms with E-state index in [1.807, 2.05) is 0 Å². The van der Waals surface area contributed by atoms with Gasteiger partial charge in [-0.3, -0.25) is 9.59 Å². The normalized spacial score (nSPS) is 15.4. The third kappa shape index (κ3) is 3.75. The molecule has 7 heteroatoms. The van der Waals surface area contributed by atoms with Crippen molar-refractivity contribution in [2.75, 3.05) is 18.0 Å². The highest BCUT2D eigenvalue weighted by Crippen LogP contribution is 2.22. The number of benzene rings is 1. The zero-order valence-electron chi connectivity index (χ0n) is 13.9. The van der Waals surface area contributed by atoms with E-state index in [0.29, 0.717) is 31.5 Å². The Morgan fingerprint density at radius 2 is 1.92 bits per heavy atom. The van der Waals surface area contributed by atoms with Gasteiger partial charge in [-0.2, -0.15) is 9.37 Å². The summed E-state index contributed by atoms with van der Waals surface area (Å²) in [6.45, 7) is 0.888. The van der Waals surface area contributed by atoms with Gasteiger partial charge in [-0.05, 0) is 24.5 Å². The van der Waals surface area contributed by atoms with Crippen molar-refractivity contribution in [1.82, 2.24) is 9.55 Å². The average Bonchev–Trinajstić information content (AvgIpc) is 2.60. The fraction of sp³-hybridized carbons (Fsp3) is 0.389. The SMILES string of the molecule is Cn1cc(F)nc(N2CCC(C(=O)Cc3ccccc3F)CC2)c1=O. The maximum Gasteiger partial charge on any atom is 0.293 e. The summed E-state index contributed by atoms with van der Waals surface area (Å²) >= 11 is 0. The van der Waals surface area contributed by atoms with Crippen LogP contribution in [0.15, 0.2) is 35.3 Å². The molecule has 0 aliphatic carbocycles. The molecule has 25 heavy (non-hydrogen) atoms. The number of carbonyl (C=O) groups is 1. The molecule has 1 aromatic heterocycles. The van der Waals surface area contributed by atoms with E-state index in [-0.39, 0.29) is 35.3 Å². The molecular weight excluding hydrogens is 328 g/mol. The molecule has 2 heterocycles. The molecule has 0 spiro atoms.